The van der Waals surface area contributed by atoms with Crippen molar-refractivity contribution in [3.05, 3.63) is 11.8 Å². The van der Waals surface area contributed by atoms with Crippen molar-refractivity contribution < 1.29 is 0 Å². The first-order valence-corrected chi connectivity index (χ1v) is 7.48. The molecule has 1 aromatic rings. The number of anilines is 2. The third kappa shape index (κ3) is 4.63. The number of aromatic nitrogens is 2. The summed E-state index contributed by atoms with van der Waals surface area (Å²) in [4.78, 5) is 13.6. The molecule has 0 aromatic carbocycles. The molecule has 0 fully saturated rings. The molecule has 0 bridgehead atoms. The normalized spacial score (nSPS) is 12.6. The van der Waals surface area contributed by atoms with Gasteiger partial charge in [-0.2, -0.15) is 4.98 Å². The zero-order valence-corrected chi connectivity index (χ0v) is 13.8. The average Bonchev–Trinajstić information content (AvgIpc) is 2.39. The van der Waals surface area contributed by atoms with Crippen LogP contribution < -0.4 is 10.2 Å². The second-order valence-corrected chi connectivity index (χ2v) is 5.52. The summed E-state index contributed by atoms with van der Waals surface area (Å²) in [6, 6.07) is 0.419. The summed E-state index contributed by atoms with van der Waals surface area (Å²) in [6.45, 7) is 11.5. The van der Waals surface area contributed by atoms with E-state index in [0.29, 0.717) is 6.04 Å². The number of aryl methyl sites for hydroxylation is 1. The van der Waals surface area contributed by atoms with Crippen LogP contribution in [0.1, 0.15) is 32.8 Å². The Morgan fingerprint density at radius 1 is 1.30 bits per heavy atom. The summed E-state index contributed by atoms with van der Waals surface area (Å²) in [5.41, 5.74) is 1.12. The van der Waals surface area contributed by atoms with Crippen LogP contribution >= 0.6 is 0 Å². The maximum atomic E-state index is 4.69. The van der Waals surface area contributed by atoms with Gasteiger partial charge >= 0.3 is 0 Å². The number of hydrogen-bond acceptors (Lipinski definition) is 5. The van der Waals surface area contributed by atoms with Gasteiger partial charge in [0.15, 0.2) is 0 Å². The molecule has 20 heavy (non-hydrogen) atoms. The molecule has 1 unspecified atom stereocenters. The van der Waals surface area contributed by atoms with E-state index in [0.717, 1.165) is 43.4 Å². The fourth-order valence-electron chi connectivity index (χ4n) is 2.34. The van der Waals surface area contributed by atoms with Gasteiger partial charge in [-0.05, 0) is 41.3 Å². The van der Waals surface area contributed by atoms with Crippen LogP contribution in [-0.2, 0) is 0 Å². The van der Waals surface area contributed by atoms with Crippen molar-refractivity contribution in [1.82, 2.24) is 14.9 Å². The van der Waals surface area contributed by atoms with Crippen LogP contribution in [0, 0.1) is 6.92 Å². The Hall–Kier alpha value is -1.36. The Bertz CT molecular complexity index is 405. The Morgan fingerprint density at radius 2 is 2.00 bits per heavy atom. The second-order valence-electron chi connectivity index (χ2n) is 5.52. The van der Waals surface area contributed by atoms with Crippen LogP contribution in [0.25, 0.3) is 0 Å². The van der Waals surface area contributed by atoms with Gasteiger partial charge in [0.25, 0.3) is 0 Å². The molecular formula is C15H29N5. The summed E-state index contributed by atoms with van der Waals surface area (Å²) in [5, 5.41) is 3.26. The maximum absolute atomic E-state index is 4.69. The standard InChI is InChI=1S/C15H29N5/c1-7-9-16-15-17-10-12(3)14(18-15)20(8-2)13(4)11-19(5)6/h10,13H,7-9,11H2,1-6H3,(H,16,17,18). The first-order valence-electron chi connectivity index (χ1n) is 7.48. The zero-order valence-electron chi connectivity index (χ0n) is 13.8. The predicted octanol–water partition coefficient (Wildman–Crippen LogP) is 2.38. The minimum absolute atomic E-state index is 0.419. The Balaban J connectivity index is 2.95. The van der Waals surface area contributed by atoms with Gasteiger partial charge in [0, 0.05) is 37.4 Å². The molecule has 1 aromatic heterocycles. The molecule has 1 N–H and O–H groups in total. The van der Waals surface area contributed by atoms with E-state index in [-0.39, 0.29) is 0 Å². The minimum atomic E-state index is 0.419. The van der Waals surface area contributed by atoms with Crippen LogP contribution in [0.15, 0.2) is 6.20 Å². The Kier molecular flexibility index (Phi) is 6.71. The lowest BCUT2D eigenvalue weighted by Gasteiger charge is -2.32. The highest BCUT2D eigenvalue weighted by atomic mass is 15.3. The van der Waals surface area contributed by atoms with E-state index >= 15 is 0 Å². The summed E-state index contributed by atoms with van der Waals surface area (Å²) < 4.78 is 0. The van der Waals surface area contributed by atoms with Crippen molar-refractivity contribution in [2.45, 2.75) is 40.2 Å². The molecule has 0 saturated carbocycles. The Morgan fingerprint density at radius 3 is 2.55 bits per heavy atom. The second kappa shape index (κ2) is 8.04. The van der Waals surface area contributed by atoms with E-state index in [4.69, 9.17) is 4.98 Å². The lowest BCUT2D eigenvalue weighted by Crippen LogP contribution is -2.41. The van der Waals surface area contributed by atoms with Crippen molar-refractivity contribution >= 4 is 11.8 Å². The Labute approximate surface area is 123 Å². The molecule has 0 aliphatic carbocycles. The number of likely N-dealkylation sites (N-methyl/N-ethyl adjacent to an activating group) is 2. The number of nitrogens with zero attached hydrogens (tertiary/aromatic N) is 4. The van der Waals surface area contributed by atoms with Crippen LogP contribution in [0.5, 0.6) is 0 Å². The maximum Gasteiger partial charge on any atom is 0.224 e. The number of nitrogens with one attached hydrogen (secondary N) is 1. The van der Waals surface area contributed by atoms with E-state index in [1.807, 2.05) is 6.20 Å². The van der Waals surface area contributed by atoms with Gasteiger partial charge in [0.2, 0.25) is 5.95 Å². The van der Waals surface area contributed by atoms with Crippen LogP contribution in [-0.4, -0.2) is 54.6 Å². The molecule has 0 spiro atoms. The third-order valence-electron chi connectivity index (χ3n) is 3.25. The van der Waals surface area contributed by atoms with Gasteiger partial charge in [-0.15, -0.1) is 0 Å². The fourth-order valence-corrected chi connectivity index (χ4v) is 2.34. The third-order valence-corrected chi connectivity index (χ3v) is 3.25. The zero-order chi connectivity index (χ0) is 15.1. The topological polar surface area (TPSA) is 44.3 Å². The van der Waals surface area contributed by atoms with Gasteiger partial charge in [-0.1, -0.05) is 6.92 Å². The molecule has 1 rings (SSSR count). The van der Waals surface area contributed by atoms with E-state index in [1.54, 1.807) is 0 Å². The summed E-state index contributed by atoms with van der Waals surface area (Å²) in [6.07, 6.45) is 2.98. The highest BCUT2D eigenvalue weighted by Crippen LogP contribution is 2.20. The number of hydrogen-bond donors (Lipinski definition) is 1. The lowest BCUT2D eigenvalue weighted by molar-refractivity contribution is 0.372. The highest BCUT2D eigenvalue weighted by molar-refractivity contribution is 5.49. The molecule has 114 valence electrons. The summed E-state index contributed by atoms with van der Waals surface area (Å²) in [7, 11) is 4.21. The SMILES string of the molecule is CCCNc1ncc(C)c(N(CC)C(C)CN(C)C)n1. The average molecular weight is 279 g/mol. The van der Waals surface area contributed by atoms with Gasteiger partial charge in [0.05, 0.1) is 0 Å². The molecule has 1 atom stereocenters. The molecule has 0 radical (unpaired) electrons. The first-order chi connectivity index (χ1) is 9.49. The molecule has 0 saturated heterocycles. The molecule has 0 aliphatic rings. The number of rotatable bonds is 8. The van der Waals surface area contributed by atoms with E-state index in [2.05, 4.69) is 61.9 Å². The van der Waals surface area contributed by atoms with E-state index in [1.165, 1.54) is 0 Å². The molecule has 5 nitrogen and oxygen atoms in total. The molecule has 5 heteroatoms. The van der Waals surface area contributed by atoms with Gasteiger partial charge in [-0.25, -0.2) is 4.98 Å². The molecule has 0 aliphatic heterocycles. The van der Waals surface area contributed by atoms with Crippen molar-refractivity contribution in [2.75, 3.05) is 43.9 Å². The minimum Gasteiger partial charge on any atom is -0.354 e. The smallest absolute Gasteiger partial charge is 0.224 e. The predicted molar refractivity (Wildman–Crippen MR) is 86.6 cm³/mol. The van der Waals surface area contributed by atoms with Crippen LogP contribution in [0.3, 0.4) is 0 Å². The van der Waals surface area contributed by atoms with Gasteiger partial charge in [0.1, 0.15) is 5.82 Å². The van der Waals surface area contributed by atoms with Crippen molar-refractivity contribution in [1.29, 1.82) is 0 Å². The summed E-state index contributed by atoms with van der Waals surface area (Å²) >= 11 is 0. The lowest BCUT2D eigenvalue weighted by atomic mass is 10.2. The molecule has 0 amide bonds. The van der Waals surface area contributed by atoms with E-state index < -0.39 is 0 Å². The fraction of sp³-hybridized carbons (Fsp3) is 0.733. The van der Waals surface area contributed by atoms with Crippen LogP contribution in [0.4, 0.5) is 11.8 Å². The summed E-state index contributed by atoms with van der Waals surface area (Å²) in [5.74, 6) is 1.76. The van der Waals surface area contributed by atoms with Gasteiger partial charge < -0.3 is 15.1 Å². The monoisotopic (exact) mass is 279 g/mol. The van der Waals surface area contributed by atoms with Gasteiger partial charge in [-0.3, -0.25) is 0 Å². The van der Waals surface area contributed by atoms with Crippen molar-refractivity contribution in [3.8, 4) is 0 Å². The van der Waals surface area contributed by atoms with Crippen molar-refractivity contribution in [3.63, 3.8) is 0 Å². The highest BCUT2D eigenvalue weighted by Gasteiger charge is 2.17. The van der Waals surface area contributed by atoms with Crippen molar-refractivity contribution in [2.24, 2.45) is 0 Å². The molecular weight excluding hydrogens is 250 g/mol. The van der Waals surface area contributed by atoms with E-state index in [9.17, 15) is 0 Å². The first kappa shape index (κ1) is 16.7. The van der Waals surface area contributed by atoms with Crippen LogP contribution in [0.2, 0.25) is 0 Å². The quantitative estimate of drug-likeness (QED) is 0.791. The molecule has 1 heterocycles. The largest absolute Gasteiger partial charge is 0.354 e.